The fraction of sp³-hybridized carbons (Fsp3) is 0.520. The number of nitrogens with one attached hydrogen (secondary N) is 1. The summed E-state index contributed by atoms with van der Waals surface area (Å²) in [5.41, 5.74) is 4.09. The molecular weight excluding hydrogens is 388 g/mol. The fourth-order valence-electron chi connectivity index (χ4n) is 4.63. The number of aromatic amines is 1. The van der Waals surface area contributed by atoms with Crippen LogP contribution in [0.1, 0.15) is 50.8 Å². The highest BCUT2D eigenvalue weighted by atomic mass is 16.5. The molecule has 1 aliphatic heterocycles. The van der Waals surface area contributed by atoms with E-state index in [1.807, 2.05) is 0 Å². The van der Waals surface area contributed by atoms with Gasteiger partial charge in [0.15, 0.2) is 5.65 Å². The lowest BCUT2D eigenvalue weighted by Crippen LogP contribution is -2.35. The van der Waals surface area contributed by atoms with Crippen LogP contribution in [0.5, 0.6) is 5.75 Å². The first-order valence-electron chi connectivity index (χ1n) is 11.6. The molecule has 2 aromatic heterocycles. The maximum absolute atomic E-state index is 6.03. The molecule has 1 saturated heterocycles. The highest BCUT2D eigenvalue weighted by Gasteiger charge is 2.38. The normalized spacial score (nSPS) is 16.1. The Morgan fingerprint density at radius 3 is 2.55 bits per heavy atom. The first kappa shape index (κ1) is 21.8. The number of benzene rings is 1. The quantitative estimate of drug-likeness (QED) is 0.486. The Morgan fingerprint density at radius 1 is 1.06 bits per heavy atom. The molecule has 1 fully saturated rings. The van der Waals surface area contributed by atoms with Gasteiger partial charge < -0.3 is 19.4 Å². The van der Waals surface area contributed by atoms with Gasteiger partial charge in [-0.1, -0.05) is 26.0 Å². The largest absolute Gasteiger partial charge is 0.494 e. The summed E-state index contributed by atoms with van der Waals surface area (Å²) in [6.07, 6.45) is 7.59. The molecule has 0 amide bonds. The van der Waals surface area contributed by atoms with Crippen LogP contribution in [0.25, 0.3) is 11.2 Å². The first-order chi connectivity index (χ1) is 15.2. The van der Waals surface area contributed by atoms with E-state index >= 15 is 0 Å². The molecule has 0 aliphatic carbocycles. The van der Waals surface area contributed by atoms with E-state index in [1.165, 1.54) is 17.7 Å². The number of hydrogen-bond acceptors (Lipinski definition) is 5. The lowest BCUT2D eigenvalue weighted by molar-refractivity contribution is 0.0620. The molecule has 3 heterocycles. The summed E-state index contributed by atoms with van der Waals surface area (Å²) in [5.74, 6) is 0.935. The summed E-state index contributed by atoms with van der Waals surface area (Å²) in [6.45, 7) is 10.1. The van der Waals surface area contributed by atoms with Gasteiger partial charge in [-0.15, -0.1) is 0 Å². The van der Waals surface area contributed by atoms with E-state index in [1.54, 1.807) is 12.4 Å². The Hall–Kier alpha value is -2.44. The fourth-order valence-corrected chi connectivity index (χ4v) is 4.63. The van der Waals surface area contributed by atoms with Gasteiger partial charge in [-0.3, -0.25) is 4.98 Å². The molecule has 0 atom stereocenters. The molecule has 0 spiro atoms. The number of H-pyrrole nitrogens is 1. The highest BCUT2D eigenvalue weighted by molar-refractivity contribution is 5.72. The topological polar surface area (TPSA) is 63.3 Å². The van der Waals surface area contributed by atoms with Crippen LogP contribution < -0.4 is 4.74 Å². The molecule has 4 rings (SSSR count). The van der Waals surface area contributed by atoms with Crippen LogP contribution in [-0.2, 0) is 10.2 Å². The first-order valence-corrected chi connectivity index (χ1v) is 11.6. The van der Waals surface area contributed by atoms with Gasteiger partial charge in [0, 0.05) is 43.3 Å². The Kier molecular flexibility index (Phi) is 7.20. The number of aromatic nitrogens is 3. The van der Waals surface area contributed by atoms with Crippen LogP contribution in [-0.4, -0.2) is 59.3 Å². The predicted octanol–water partition coefficient (Wildman–Crippen LogP) is 4.56. The van der Waals surface area contributed by atoms with E-state index in [-0.39, 0.29) is 5.41 Å². The molecule has 1 N–H and O–H groups in total. The van der Waals surface area contributed by atoms with E-state index in [0.717, 1.165) is 75.6 Å². The van der Waals surface area contributed by atoms with Gasteiger partial charge in [0.1, 0.15) is 11.3 Å². The molecule has 1 aromatic carbocycles. The average molecular weight is 423 g/mol. The Bertz CT molecular complexity index is 915. The molecule has 0 saturated carbocycles. The van der Waals surface area contributed by atoms with Gasteiger partial charge in [0.2, 0.25) is 0 Å². The third-order valence-corrected chi connectivity index (χ3v) is 6.40. The predicted molar refractivity (Wildman–Crippen MR) is 124 cm³/mol. The van der Waals surface area contributed by atoms with Crippen LogP contribution in [0, 0.1) is 0 Å². The van der Waals surface area contributed by atoms with E-state index in [9.17, 15) is 0 Å². The van der Waals surface area contributed by atoms with Crippen molar-refractivity contribution in [3.63, 3.8) is 0 Å². The van der Waals surface area contributed by atoms with Gasteiger partial charge in [-0.2, -0.15) is 0 Å². The minimum atomic E-state index is -0.110. The van der Waals surface area contributed by atoms with Gasteiger partial charge in [-0.25, -0.2) is 4.98 Å². The minimum Gasteiger partial charge on any atom is -0.494 e. The molecule has 0 bridgehead atoms. The summed E-state index contributed by atoms with van der Waals surface area (Å²) >= 11 is 0. The van der Waals surface area contributed by atoms with E-state index in [2.05, 4.69) is 64.0 Å². The standard InChI is InChI=1S/C25H34N4O2/c1-3-14-29(4-2)15-5-16-31-21-8-6-20(7-9-21)25(10-17-30-18-11-25)23-19-22-24(28-23)27-13-12-26-22/h6-9,12-13,19H,3-5,10-11,14-18H2,1-2H3,(H,27,28). The molecule has 3 aromatic rings. The van der Waals surface area contributed by atoms with Crippen LogP contribution in [0.4, 0.5) is 0 Å². The second kappa shape index (κ2) is 10.2. The second-order valence-electron chi connectivity index (χ2n) is 8.33. The molecule has 6 heteroatoms. The van der Waals surface area contributed by atoms with Crippen molar-refractivity contribution in [2.24, 2.45) is 0 Å². The SMILES string of the molecule is CCCN(CC)CCCOc1ccc(C2(c3cc4nccnc4[nH]3)CCOCC2)cc1. The molecule has 6 nitrogen and oxygen atoms in total. The lowest BCUT2D eigenvalue weighted by Gasteiger charge is -2.37. The van der Waals surface area contributed by atoms with Crippen molar-refractivity contribution < 1.29 is 9.47 Å². The third-order valence-electron chi connectivity index (χ3n) is 6.40. The second-order valence-corrected chi connectivity index (χ2v) is 8.33. The molecular formula is C25H34N4O2. The number of hydrogen-bond donors (Lipinski definition) is 1. The number of fused-ring (bicyclic) bond motifs is 1. The number of rotatable bonds is 10. The molecule has 1 aliphatic rings. The van der Waals surface area contributed by atoms with Crippen molar-refractivity contribution >= 4 is 11.2 Å². The summed E-state index contributed by atoms with van der Waals surface area (Å²) in [6, 6.07) is 10.8. The molecule has 0 unspecified atom stereocenters. The zero-order valence-corrected chi connectivity index (χ0v) is 18.8. The van der Waals surface area contributed by atoms with Gasteiger partial charge >= 0.3 is 0 Å². The maximum atomic E-state index is 6.03. The number of ether oxygens (including phenoxy) is 2. The van der Waals surface area contributed by atoms with E-state index < -0.39 is 0 Å². The van der Waals surface area contributed by atoms with Crippen molar-refractivity contribution in [3.05, 3.63) is 54.0 Å². The van der Waals surface area contributed by atoms with Crippen LogP contribution in [0.15, 0.2) is 42.7 Å². The van der Waals surface area contributed by atoms with Crippen LogP contribution >= 0.6 is 0 Å². The van der Waals surface area contributed by atoms with Crippen molar-refractivity contribution in [1.29, 1.82) is 0 Å². The maximum Gasteiger partial charge on any atom is 0.156 e. The van der Waals surface area contributed by atoms with Crippen molar-refractivity contribution in [1.82, 2.24) is 19.9 Å². The van der Waals surface area contributed by atoms with E-state index in [4.69, 9.17) is 9.47 Å². The highest BCUT2D eigenvalue weighted by Crippen LogP contribution is 2.41. The monoisotopic (exact) mass is 422 g/mol. The Balaban J connectivity index is 1.46. The minimum absolute atomic E-state index is 0.110. The van der Waals surface area contributed by atoms with Crippen molar-refractivity contribution in [3.8, 4) is 5.75 Å². The number of nitrogens with zero attached hydrogens (tertiary/aromatic N) is 3. The molecule has 31 heavy (non-hydrogen) atoms. The Labute approximate surface area is 185 Å². The van der Waals surface area contributed by atoms with Gasteiger partial charge in [-0.05, 0) is 62.5 Å². The molecule has 0 radical (unpaired) electrons. The van der Waals surface area contributed by atoms with Gasteiger partial charge in [0.05, 0.1) is 6.61 Å². The molecule has 166 valence electrons. The third kappa shape index (κ3) is 4.91. The van der Waals surface area contributed by atoms with Gasteiger partial charge in [0.25, 0.3) is 0 Å². The summed E-state index contributed by atoms with van der Waals surface area (Å²) in [7, 11) is 0. The summed E-state index contributed by atoms with van der Waals surface area (Å²) in [5, 5.41) is 0. The van der Waals surface area contributed by atoms with Crippen molar-refractivity contribution in [2.45, 2.75) is 44.9 Å². The summed E-state index contributed by atoms with van der Waals surface area (Å²) in [4.78, 5) is 14.9. The zero-order chi connectivity index (χ0) is 21.5. The lowest BCUT2D eigenvalue weighted by atomic mass is 9.72. The van der Waals surface area contributed by atoms with E-state index in [0.29, 0.717) is 0 Å². The van der Waals surface area contributed by atoms with Crippen LogP contribution in [0.3, 0.4) is 0 Å². The zero-order valence-electron chi connectivity index (χ0n) is 18.8. The van der Waals surface area contributed by atoms with Crippen LogP contribution in [0.2, 0.25) is 0 Å². The summed E-state index contributed by atoms with van der Waals surface area (Å²) < 4.78 is 11.7. The average Bonchev–Trinajstić information content (AvgIpc) is 3.27. The Morgan fingerprint density at radius 2 is 1.84 bits per heavy atom. The van der Waals surface area contributed by atoms with Crippen molar-refractivity contribution in [2.75, 3.05) is 39.5 Å². The smallest absolute Gasteiger partial charge is 0.156 e.